The van der Waals surface area contributed by atoms with Crippen molar-refractivity contribution in [3.63, 3.8) is 0 Å². The van der Waals surface area contributed by atoms with Crippen LogP contribution in [-0.2, 0) is 10.0 Å². The first-order valence-corrected chi connectivity index (χ1v) is 10.2. The lowest BCUT2D eigenvalue weighted by Gasteiger charge is -2.33. The molecule has 1 fully saturated rings. The highest BCUT2D eigenvalue weighted by Gasteiger charge is 2.29. The van der Waals surface area contributed by atoms with E-state index < -0.39 is 10.0 Å². The average Bonchev–Trinajstić information content (AvgIpc) is 3.06. The number of para-hydroxylation sites is 2. The van der Waals surface area contributed by atoms with Crippen LogP contribution in [0.4, 0.5) is 5.95 Å². The summed E-state index contributed by atoms with van der Waals surface area (Å²) in [6.07, 6.45) is 0. The maximum absolute atomic E-state index is 12.8. The topological polar surface area (TPSA) is 69.3 Å². The molecule has 0 spiro atoms. The van der Waals surface area contributed by atoms with E-state index in [-0.39, 0.29) is 0 Å². The first kappa shape index (κ1) is 16.6. The third kappa shape index (κ3) is 3.17. The van der Waals surface area contributed by atoms with Crippen LogP contribution in [0.2, 0.25) is 0 Å². The van der Waals surface area contributed by atoms with Crippen LogP contribution in [0, 0.1) is 0 Å². The molecule has 0 radical (unpaired) electrons. The molecule has 1 aromatic heterocycles. The van der Waals surface area contributed by atoms with Crippen molar-refractivity contribution < 1.29 is 8.42 Å². The van der Waals surface area contributed by atoms with Gasteiger partial charge in [0.2, 0.25) is 16.0 Å². The van der Waals surface area contributed by atoms with Gasteiger partial charge in [-0.3, -0.25) is 0 Å². The minimum absolute atomic E-state index is 0.327. The number of aromatic nitrogens is 2. The Balaban J connectivity index is 1.50. The second-order valence-corrected chi connectivity index (χ2v) is 8.78. The third-order valence-electron chi connectivity index (χ3n) is 4.37. The van der Waals surface area contributed by atoms with Crippen molar-refractivity contribution in [2.45, 2.75) is 4.90 Å². The number of rotatable bonds is 3. The second-order valence-electron chi connectivity index (χ2n) is 5.92. The fraction of sp³-hybridized carbons (Fsp3) is 0.235. The Morgan fingerprint density at radius 1 is 0.960 bits per heavy atom. The maximum atomic E-state index is 12.8. The molecule has 25 heavy (non-hydrogen) atoms. The number of nitrogens with zero attached hydrogens (tertiary/aromatic N) is 3. The van der Waals surface area contributed by atoms with E-state index in [0.29, 0.717) is 31.1 Å². The molecule has 0 bridgehead atoms. The Morgan fingerprint density at radius 3 is 2.32 bits per heavy atom. The maximum Gasteiger partial charge on any atom is 0.243 e. The van der Waals surface area contributed by atoms with Gasteiger partial charge in [-0.2, -0.15) is 4.31 Å². The molecule has 130 valence electrons. The number of fused-ring (bicyclic) bond motifs is 1. The molecule has 2 aromatic carbocycles. The van der Waals surface area contributed by atoms with Crippen molar-refractivity contribution in [2.75, 3.05) is 31.1 Å². The number of nitrogens with one attached hydrogen (secondary N) is 1. The number of hydrogen-bond donors (Lipinski definition) is 1. The molecule has 0 atom stereocenters. The normalized spacial score (nSPS) is 16.4. The number of H-pyrrole nitrogens is 1. The molecule has 2 heterocycles. The van der Waals surface area contributed by atoms with Crippen molar-refractivity contribution in [2.24, 2.45) is 0 Å². The molecule has 4 rings (SSSR count). The molecular weight excluding hydrogens is 404 g/mol. The Hall–Kier alpha value is -1.90. The van der Waals surface area contributed by atoms with Gasteiger partial charge in [-0.1, -0.05) is 28.1 Å². The van der Waals surface area contributed by atoms with Crippen LogP contribution in [0.15, 0.2) is 57.9 Å². The summed E-state index contributed by atoms with van der Waals surface area (Å²) < 4.78 is 27.9. The molecule has 6 nitrogen and oxygen atoms in total. The third-order valence-corrected chi connectivity index (χ3v) is 6.81. The highest BCUT2D eigenvalue weighted by atomic mass is 79.9. The summed E-state index contributed by atoms with van der Waals surface area (Å²) in [5.41, 5.74) is 1.91. The van der Waals surface area contributed by atoms with Crippen LogP contribution in [0.25, 0.3) is 11.0 Å². The summed E-state index contributed by atoms with van der Waals surface area (Å²) in [6, 6.07) is 14.6. The summed E-state index contributed by atoms with van der Waals surface area (Å²) >= 11 is 3.33. The van der Waals surface area contributed by atoms with Crippen LogP contribution in [-0.4, -0.2) is 48.9 Å². The van der Waals surface area contributed by atoms with Gasteiger partial charge in [0.15, 0.2) is 0 Å². The summed E-state index contributed by atoms with van der Waals surface area (Å²) in [7, 11) is -3.45. The van der Waals surface area contributed by atoms with E-state index in [1.807, 2.05) is 24.3 Å². The Morgan fingerprint density at radius 2 is 1.64 bits per heavy atom. The van der Waals surface area contributed by atoms with Gasteiger partial charge >= 0.3 is 0 Å². The van der Waals surface area contributed by atoms with E-state index in [9.17, 15) is 8.42 Å². The molecule has 3 aromatic rings. The minimum atomic E-state index is -3.45. The fourth-order valence-electron chi connectivity index (χ4n) is 2.98. The summed E-state index contributed by atoms with van der Waals surface area (Å²) in [6.45, 7) is 2.09. The van der Waals surface area contributed by atoms with E-state index in [4.69, 9.17) is 0 Å². The zero-order valence-corrected chi connectivity index (χ0v) is 15.8. The zero-order valence-electron chi connectivity index (χ0n) is 13.4. The molecule has 1 saturated heterocycles. The first-order valence-electron chi connectivity index (χ1n) is 7.99. The number of imidazole rings is 1. The molecular formula is C17H17BrN4O2S. The van der Waals surface area contributed by atoms with Crippen molar-refractivity contribution in [1.82, 2.24) is 14.3 Å². The molecule has 1 N–H and O–H groups in total. The Kier molecular flexibility index (Phi) is 4.26. The number of hydrogen-bond acceptors (Lipinski definition) is 4. The zero-order chi connectivity index (χ0) is 17.4. The molecule has 0 amide bonds. The van der Waals surface area contributed by atoms with Crippen LogP contribution in [0.3, 0.4) is 0 Å². The molecule has 0 unspecified atom stereocenters. The van der Waals surface area contributed by atoms with E-state index in [0.717, 1.165) is 21.5 Å². The Bertz CT molecular complexity index is 960. The summed E-state index contributed by atoms with van der Waals surface area (Å²) in [5.74, 6) is 0.793. The molecule has 8 heteroatoms. The largest absolute Gasteiger partial charge is 0.340 e. The number of sulfonamides is 1. The average molecular weight is 421 g/mol. The SMILES string of the molecule is O=S(=O)(c1ccc(Br)cc1)N1CCN(c2nc3ccccc3[nH]2)CC1. The predicted octanol–water partition coefficient (Wildman–Crippen LogP) is 2.84. The molecule has 0 aliphatic carbocycles. The van der Waals surface area contributed by atoms with Crippen molar-refractivity contribution in [3.05, 3.63) is 53.0 Å². The Labute approximate surface area is 154 Å². The van der Waals surface area contributed by atoms with Crippen LogP contribution < -0.4 is 4.90 Å². The molecule has 1 aliphatic rings. The first-order chi connectivity index (χ1) is 12.0. The summed E-state index contributed by atoms with van der Waals surface area (Å²) in [4.78, 5) is 10.3. The van der Waals surface area contributed by atoms with E-state index in [1.165, 1.54) is 4.31 Å². The number of piperazine rings is 1. The van der Waals surface area contributed by atoms with Gasteiger partial charge in [0.05, 0.1) is 15.9 Å². The quantitative estimate of drug-likeness (QED) is 0.706. The van der Waals surface area contributed by atoms with Gasteiger partial charge in [-0.15, -0.1) is 0 Å². The summed E-state index contributed by atoms with van der Waals surface area (Å²) in [5, 5.41) is 0. The monoisotopic (exact) mass is 420 g/mol. The predicted molar refractivity (Wildman–Crippen MR) is 101 cm³/mol. The smallest absolute Gasteiger partial charge is 0.243 e. The van der Waals surface area contributed by atoms with Gasteiger partial charge in [0.25, 0.3) is 0 Å². The number of anilines is 1. The molecule has 1 aliphatic heterocycles. The number of aromatic amines is 1. The van der Waals surface area contributed by atoms with Gasteiger partial charge in [-0.25, -0.2) is 13.4 Å². The standard InChI is InChI=1S/C17H17BrN4O2S/c18-13-5-7-14(8-6-13)25(23,24)22-11-9-21(10-12-22)17-19-15-3-1-2-4-16(15)20-17/h1-8H,9-12H2,(H,19,20). The lowest BCUT2D eigenvalue weighted by molar-refractivity contribution is 0.383. The lowest BCUT2D eigenvalue weighted by atomic mass is 10.3. The van der Waals surface area contributed by atoms with Crippen molar-refractivity contribution in [3.8, 4) is 0 Å². The van der Waals surface area contributed by atoms with Gasteiger partial charge in [0, 0.05) is 30.7 Å². The highest BCUT2D eigenvalue weighted by molar-refractivity contribution is 9.10. The number of halogens is 1. The van der Waals surface area contributed by atoms with Crippen LogP contribution in [0.5, 0.6) is 0 Å². The van der Waals surface area contributed by atoms with Crippen molar-refractivity contribution >= 4 is 42.9 Å². The van der Waals surface area contributed by atoms with E-state index in [1.54, 1.807) is 24.3 Å². The van der Waals surface area contributed by atoms with E-state index in [2.05, 4.69) is 30.8 Å². The molecule has 0 saturated carbocycles. The van der Waals surface area contributed by atoms with Crippen LogP contribution in [0.1, 0.15) is 0 Å². The van der Waals surface area contributed by atoms with E-state index >= 15 is 0 Å². The number of benzene rings is 2. The van der Waals surface area contributed by atoms with Gasteiger partial charge in [0.1, 0.15) is 0 Å². The van der Waals surface area contributed by atoms with Gasteiger partial charge < -0.3 is 9.88 Å². The fourth-order valence-corrected chi connectivity index (χ4v) is 4.67. The van der Waals surface area contributed by atoms with Crippen molar-refractivity contribution in [1.29, 1.82) is 0 Å². The second kappa shape index (κ2) is 6.44. The van der Waals surface area contributed by atoms with Gasteiger partial charge in [-0.05, 0) is 36.4 Å². The van der Waals surface area contributed by atoms with Crippen LogP contribution >= 0.6 is 15.9 Å². The lowest BCUT2D eigenvalue weighted by Crippen LogP contribution is -2.49. The minimum Gasteiger partial charge on any atom is -0.340 e. The highest BCUT2D eigenvalue weighted by Crippen LogP contribution is 2.22.